The molecule has 1 aromatic heterocycles. The average Bonchev–Trinajstić information content (AvgIpc) is 3.04. The van der Waals surface area contributed by atoms with Gasteiger partial charge in [0.05, 0.1) is 11.1 Å². The Morgan fingerprint density at radius 1 is 1.30 bits per heavy atom. The first-order valence-electron chi connectivity index (χ1n) is 8.48. The van der Waals surface area contributed by atoms with Crippen molar-refractivity contribution in [3.05, 3.63) is 46.4 Å². The first-order valence-corrected chi connectivity index (χ1v) is 11.6. The number of nitrogens with zero attached hydrogens (tertiary/aromatic N) is 1. The van der Waals surface area contributed by atoms with Crippen LogP contribution in [0.1, 0.15) is 18.4 Å². The Kier molecular flexibility index (Phi) is 6.31. The zero-order valence-electron chi connectivity index (χ0n) is 14.7. The maximum Gasteiger partial charge on any atom is 0.257 e. The molecule has 27 heavy (non-hydrogen) atoms. The van der Waals surface area contributed by atoms with Gasteiger partial charge < -0.3 is 5.32 Å². The van der Waals surface area contributed by atoms with Gasteiger partial charge in [-0.2, -0.15) is 0 Å². The first kappa shape index (κ1) is 20.0. The Hall–Kier alpha value is -1.74. The topological polar surface area (TPSA) is 88.2 Å². The van der Waals surface area contributed by atoms with Crippen molar-refractivity contribution < 1.29 is 13.2 Å². The molecule has 0 bridgehead atoms. The normalized spacial score (nSPS) is 16.3. The molecule has 0 atom stereocenters. The Bertz CT molecular complexity index is 946. The molecular formula is C18H20ClN3O3S2. The van der Waals surface area contributed by atoms with Crippen LogP contribution in [0.3, 0.4) is 0 Å². The van der Waals surface area contributed by atoms with Gasteiger partial charge in [-0.25, -0.2) is 13.4 Å². The van der Waals surface area contributed by atoms with Gasteiger partial charge >= 0.3 is 0 Å². The zero-order chi connectivity index (χ0) is 19.4. The molecule has 0 spiro atoms. The van der Waals surface area contributed by atoms with E-state index in [0.717, 1.165) is 32.2 Å². The van der Waals surface area contributed by atoms with Crippen molar-refractivity contribution in [3.63, 3.8) is 0 Å². The van der Waals surface area contributed by atoms with Gasteiger partial charge in [-0.05, 0) is 49.5 Å². The number of piperidine rings is 1. The molecule has 9 heteroatoms. The van der Waals surface area contributed by atoms with E-state index < -0.39 is 9.84 Å². The molecule has 0 aliphatic carbocycles. The summed E-state index contributed by atoms with van der Waals surface area (Å²) in [6.45, 7) is 1.82. The number of sulfone groups is 1. The number of aromatic nitrogens is 1. The summed E-state index contributed by atoms with van der Waals surface area (Å²) in [5.41, 5.74) is 1.18. The van der Waals surface area contributed by atoms with Crippen molar-refractivity contribution in [2.75, 3.05) is 24.7 Å². The summed E-state index contributed by atoms with van der Waals surface area (Å²) in [6, 6.07) is 6.37. The highest BCUT2D eigenvalue weighted by molar-refractivity contribution is 7.90. The summed E-state index contributed by atoms with van der Waals surface area (Å²) < 4.78 is 23.9. The van der Waals surface area contributed by atoms with Gasteiger partial charge in [0, 0.05) is 11.8 Å². The summed E-state index contributed by atoms with van der Waals surface area (Å²) in [7, 11) is -3.29. The number of amides is 1. The lowest BCUT2D eigenvalue weighted by atomic mass is 9.92. The molecule has 1 amide bonds. The third-order valence-corrected chi connectivity index (χ3v) is 6.48. The van der Waals surface area contributed by atoms with Gasteiger partial charge in [0.25, 0.3) is 5.91 Å². The van der Waals surface area contributed by atoms with E-state index in [9.17, 15) is 13.2 Å². The predicted octanol–water partition coefficient (Wildman–Crippen LogP) is 3.22. The molecule has 0 radical (unpaired) electrons. The van der Waals surface area contributed by atoms with E-state index in [1.54, 1.807) is 12.1 Å². The van der Waals surface area contributed by atoms with Crippen molar-refractivity contribution in [2.24, 2.45) is 5.92 Å². The fourth-order valence-corrected chi connectivity index (χ4v) is 4.35. The number of halogens is 1. The maximum atomic E-state index is 12.9. The minimum absolute atomic E-state index is 0.222. The SMILES string of the molecule is CS(=O)(=O)c1ccc(/C(=C/C2CCNCC2)C(=O)Nc2ncc(Cl)s2)cc1. The quantitative estimate of drug-likeness (QED) is 0.718. The number of thiazole rings is 1. The molecule has 2 N–H and O–H groups in total. The van der Waals surface area contributed by atoms with Crippen LogP contribution in [0.5, 0.6) is 0 Å². The van der Waals surface area contributed by atoms with E-state index >= 15 is 0 Å². The van der Waals surface area contributed by atoms with Gasteiger partial charge in [0.1, 0.15) is 4.34 Å². The Balaban J connectivity index is 1.91. The van der Waals surface area contributed by atoms with Crippen molar-refractivity contribution in [1.29, 1.82) is 0 Å². The number of carbonyl (C=O) groups is 1. The maximum absolute atomic E-state index is 12.9. The predicted molar refractivity (Wildman–Crippen MR) is 109 cm³/mol. The Morgan fingerprint density at radius 3 is 2.52 bits per heavy atom. The van der Waals surface area contributed by atoms with Crippen LogP contribution in [0.2, 0.25) is 4.34 Å². The highest BCUT2D eigenvalue weighted by Gasteiger charge is 2.19. The minimum atomic E-state index is -3.29. The van der Waals surface area contributed by atoms with Gasteiger partial charge in [-0.1, -0.05) is 41.1 Å². The Morgan fingerprint density at radius 2 is 1.96 bits per heavy atom. The lowest BCUT2D eigenvalue weighted by Gasteiger charge is -2.21. The molecule has 1 saturated heterocycles. The lowest BCUT2D eigenvalue weighted by molar-refractivity contribution is -0.111. The molecule has 3 rings (SSSR count). The molecule has 1 fully saturated rings. The smallest absolute Gasteiger partial charge is 0.257 e. The van der Waals surface area contributed by atoms with E-state index in [2.05, 4.69) is 15.6 Å². The summed E-state index contributed by atoms with van der Waals surface area (Å²) in [5, 5.41) is 6.51. The molecule has 2 heterocycles. The number of benzene rings is 1. The van der Waals surface area contributed by atoms with E-state index in [4.69, 9.17) is 11.6 Å². The fourth-order valence-electron chi connectivity index (χ4n) is 2.91. The summed E-state index contributed by atoms with van der Waals surface area (Å²) in [5.74, 6) is -0.00637. The standard InChI is InChI=1S/C18H20ClN3O3S2/c1-27(24,25)14-4-2-13(3-5-14)15(10-12-6-8-20-9-7-12)17(23)22-18-21-11-16(19)26-18/h2-5,10-12,20H,6-9H2,1H3,(H,21,22,23)/b15-10-. The highest BCUT2D eigenvalue weighted by Crippen LogP contribution is 2.27. The monoisotopic (exact) mass is 425 g/mol. The van der Waals surface area contributed by atoms with Crippen LogP contribution in [-0.4, -0.2) is 38.7 Å². The second-order valence-electron chi connectivity index (χ2n) is 6.39. The summed E-state index contributed by atoms with van der Waals surface area (Å²) in [6.07, 6.45) is 6.51. The number of rotatable bonds is 5. The van der Waals surface area contributed by atoms with Crippen LogP contribution in [0.25, 0.3) is 5.57 Å². The number of carbonyl (C=O) groups excluding carboxylic acids is 1. The number of hydrogen-bond acceptors (Lipinski definition) is 6. The minimum Gasteiger partial charge on any atom is -0.317 e. The van der Waals surface area contributed by atoms with Crippen LogP contribution in [0.4, 0.5) is 5.13 Å². The first-order chi connectivity index (χ1) is 12.8. The number of hydrogen-bond donors (Lipinski definition) is 2. The van der Waals surface area contributed by atoms with E-state index in [-0.39, 0.29) is 16.7 Å². The lowest BCUT2D eigenvalue weighted by Crippen LogP contribution is -2.27. The van der Waals surface area contributed by atoms with Crippen LogP contribution in [-0.2, 0) is 14.6 Å². The average molecular weight is 426 g/mol. The van der Waals surface area contributed by atoms with Crippen molar-refractivity contribution >= 4 is 49.4 Å². The van der Waals surface area contributed by atoms with Crippen molar-refractivity contribution in [3.8, 4) is 0 Å². The molecule has 144 valence electrons. The third-order valence-electron chi connectivity index (χ3n) is 4.32. The van der Waals surface area contributed by atoms with E-state index in [0.29, 0.717) is 20.6 Å². The summed E-state index contributed by atoms with van der Waals surface area (Å²) in [4.78, 5) is 17.2. The fraction of sp³-hybridized carbons (Fsp3) is 0.333. The van der Waals surface area contributed by atoms with Crippen LogP contribution < -0.4 is 10.6 Å². The molecule has 0 unspecified atom stereocenters. The van der Waals surface area contributed by atoms with Crippen molar-refractivity contribution in [2.45, 2.75) is 17.7 Å². The molecule has 1 aliphatic heterocycles. The second kappa shape index (κ2) is 8.52. The van der Waals surface area contributed by atoms with Gasteiger partial charge in [-0.3, -0.25) is 10.1 Å². The second-order valence-corrected chi connectivity index (χ2v) is 10.1. The summed E-state index contributed by atoms with van der Waals surface area (Å²) >= 11 is 7.07. The van der Waals surface area contributed by atoms with Gasteiger partial charge in [0.15, 0.2) is 15.0 Å². The van der Waals surface area contributed by atoms with Gasteiger partial charge in [0.2, 0.25) is 0 Å². The molecular weight excluding hydrogens is 406 g/mol. The zero-order valence-corrected chi connectivity index (χ0v) is 17.1. The largest absolute Gasteiger partial charge is 0.317 e. The van der Waals surface area contributed by atoms with Crippen molar-refractivity contribution in [1.82, 2.24) is 10.3 Å². The number of anilines is 1. The Labute approximate surface area is 167 Å². The van der Waals surface area contributed by atoms with E-state index in [1.807, 2.05) is 6.08 Å². The number of nitrogens with one attached hydrogen (secondary N) is 2. The van der Waals surface area contributed by atoms with Crippen LogP contribution in [0.15, 0.2) is 41.4 Å². The molecule has 2 aromatic rings. The van der Waals surface area contributed by atoms with Gasteiger partial charge in [-0.15, -0.1) is 0 Å². The molecule has 6 nitrogen and oxygen atoms in total. The number of allylic oxidation sites excluding steroid dienone is 1. The van der Waals surface area contributed by atoms with E-state index in [1.165, 1.54) is 29.7 Å². The molecule has 0 saturated carbocycles. The highest BCUT2D eigenvalue weighted by atomic mass is 35.5. The molecule has 1 aromatic carbocycles. The van der Waals surface area contributed by atoms with Crippen LogP contribution >= 0.6 is 22.9 Å². The van der Waals surface area contributed by atoms with Crippen LogP contribution in [0, 0.1) is 5.92 Å². The third kappa shape index (κ3) is 5.38. The molecule has 1 aliphatic rings.